The topological polar surface area (TPSA) is 237 Å². The molecule has 0 spiro atoms. The zero-order valence-electron chi connectivity index (χ0n) is 54.2. The number of rotatable bonds is 64. The first-order chi connectivity index (χ1) is 40.4. The number of carbonyl (C=O) groups excluding carboxylic acids is 4. The lowest BCUT2D eigenvalue weighted by Crippen LogP contribution is -2.30. The van der Waals surface area contributed by atoms with Gasteiger partial charge in [0.2, 0.25) is 0 Å². The number of hydrogen-bond acceptors (Lipinski definition) is 15. The second-order valence-electron chi connectivity index (χ2n) is 24.5. The quantitative estimate of drug-likeness (QED) is 0.0222. The Kier molecular flexibility index (Phi) is 56.2. The van der Waals surface area contributed by atoms with Crippen LogP contribution in [0.5, 0.6) is 0 Å². The molecule has 0 heterocycles. The first kappa shape index (κ1) is 82.1. The minimum Gasteiger partial charge on any atom is -0.462 e. The molecule has 498 valence electrons. The van der Waals surface area contributed by atoms with Gasteiger partial charge in [0.1, 0.15) is 19.3 Å². The average Bonchev–Trinajstić information content (AvgIpc) is 3.57. The molecule has 2 unspecified atom stereocenters. The lowest BCUT2D eigenvalue weighted by molar-refractivity contribution is -0.161. The van der Waals surface area contributed by atoms with E-state index in [1.165, 1.54) is 122 Å². The summed E-state index contributed by atoms with van der Waals surface area (Å²) < 4.78 is 67.9. The van der Waals surface area contributed by atoms with Crippen LogP contribution in [0.1, 0.15) is 324 Å². The van der Waals surface area contributed by atoms with Crippen LogP contribution in [0.15, 0.2) is 0 Å². The number of carbonyl (C=O) groups is 4. The Morgan fingerprint density at radius 1 is 0.321 bits per heavy atom. The number of ether oxygens (including phenoxy) is 4. The van der Waals surface area contributed by atoms with Gasteiger partial charge in [0.05, 0.1) is 26.4 Å². The Labute approximate surface area is 511 Å². The molecule has 0 radical (unpaired) electrons. The van der Waals surface area contributed by atoms with Crippen molar-refractivity contribution in [3.8, 4) is 0 Å². The summed E-state index contributed by atoms with van der Waals surface area (Å²) in [6, 6.07) is 0. The van der Waals surface area contributed by atoms with E-state index in [0.29, 0.717) is 37.5 Å². The minimum absolute atomic E-state index is 0.102. The molecule has 0 saturated carbocycles. The number of unbranched alkanes of at least 4 members (excludes halogenated alkanes) is 34. The highest BCUT2D eigenvalue weighted by molar-refractivity contribution is 7.47. The third-order valence-electron chi connectivity index (χ3n) is 15.0. The van der Waals surface area contributed by atoms with Gasteiger partial charge < -0.3 is 33.8 Å². The van der Waals surface area contributed by atoms with Gasteiger partial charge in [0.25, 0.3) is 0 Å². The normalized spacial score (nSPS) is 14.3. The van der Waals surface area contributed by atoms with Crippen molar-refractivity contribution in [2.45, 2.75) is 342 Å². The number of aliphatic hydroxyl groups excluding tert-OH is 1. The molecule has 0 fully saturated rings. The van der Waals surface area contributed by atoms with Gasteiger partial charge in [-0.15, -0.1) is 0 Å². The van der Waals surface area contributed by atoms with Crippen LogP contribution in [-0.4, -0.2) is 96.7 Å². The second-order valence-corrected chi connectivity index (χ2v) is 27.4. The summed E-state index contributed by atoms with van der Waals surface area (Å²) in [6.45, 7) is 9.31. The largest absolute Gasteiger partial charge is 0.472 e. The third kappa shape index (κ3) is 59.0. The molecule has 19 heteroatoms. The molecular formula is C65H126O17P2. The van der Waals surface area contributed by atoms with E-state index in [-0.39, 0.29) is 25.7 Å². The number of aliphatic hydroxyl groups is 1. The maximum atomic E-state index is 13.0. The molecule has 17 nitrogen and oxygen atoms in total. The molecule has 0 aromatic carbocycles. The predicted octanol–water partition coefficient (Wildman–Crippen LogP) is 18.0. The molecule has 0 amide bonds. The second kappa shape index (κ2) is 57.5. The molecule has 0 aromatic rings. The fourth-order valence-corrected chi connectivity index (χ4v) is 11.3. The summed E-state index contributed by atoms with van der Waals surface area (Å²) in [5, 5.41) is 10.5. The van der Waals surface area contributed by atoms with Crippen LogP contribution in [-0.2, 0) is 65.4 Å². The highest BCUT2D eigenvalue weighted by Crippen LogP contribution is 2.45. The molecule has 84 heavy (non-hydrogen) atoms. The summed E-state index contributed by atoms with van der Waals surface area (Å²) in [6.07, 6.45) is 40.8. The maximum absolute atomic E-state index is 13.0. The molecule has 0 aliphatic heterocycles. The van der Waals surface area contributed by atoms with Gasteiger partial charge in [-0.2, -0.15) is 0 Å². The standard InChI is InChI=1S/C65H126O17P2/c1-7-9-11-13-15-16-17-18-19-20-21-22-23-24-25-29-37-43-49-64(69)81-60(54-76-63(68)48-42-36-30-26-28-33-39-45-57(3)4)55-79-83(71,72)77-51-59(66)52-78-84(73,74)80-56-61(53-75-62(67)47-41-35-27-14-12-10-8-2)82-65(70)50-44-38-32-31-34-40-46-58(5)6/h57-61,66H,7-56H2,1-6H3,(H,71,72)(H,73,74)/t59-,60-,61-/m1/s1. The smallest absolute Gasteiger partial charge is 0.462 e. The van der Waals surface area contributed by atoms with Crippen LogP contribution in [0.3, 0.4) is 0 Å². The van der Waals surface area contributed by atoms with Crippen molar-refractivity contribution in [2.75, 3.05) is 39.6 Å². The Bertz CT molecular complexity index is 1650. The molecule has 0 aliphatic rings. The fourth-order valence-electron chi connectivity index (χ4n) is 9.71. The molecule has 0 rings (SSSR count). The highest BCUT2D eigenvalue weighted by Gasteiger charge is 2.30. The van der Waals surface area contributed by atoms with Gasteiger partial charge in [-0.1, -0.05) is 273 Å². The van der Waals surface area contributed by atoms with Crippen LogP contribution < -0.4 is 0 Å². The fraction of sp³-hybridized carbons (Fsp3) is 0.938. The Balaban J connectivity index is 5.16. The molecule has 0 bridgehead atoms. The number of phosphoric ester groups is 2. The van der Waals surface area contributed by atoms with Gasteiger partial charge in [0.15, 0.2) is 12.2 Å². The molecule has 3 N–H and O–H groups in total. The van der Waals surface area contributed by atoms with Crippen LogP contribution in [0.2, 0.25) is 0 Å². The number of phosphoric acid groups is 2. The third-order valence-corrected chi connectivity index (χ3v) is 16.9. The molecule has 0 saturated heterocycles. The summed E-state index contributed by atoms with van der Waals surface area (Å²) in [5.74, 6) is -0.767. The van der Waals surface area contributed by atoms with Crippen molar-refractivity contribution in [1.82, 2.24) is 0 Å². The van der Waals surface area contributed by atoms with Crippen LogP contribution in [0.4, 0.5) is 0 Å². The van der Waals surface area contributed by atoms with Gasteiger partial charge in [0, 0.05) is 25.7 Å². The van der Waals surface area contributed by atoms with Gasteiger partial charge in [-0.25, -0.2) is 9.13 Å². The summed E-state index contributed by atoms with van der Waals surface area (Å²) in [5.41, 5.74) is 0. The van der Waals surface area contributed by atoms with E-state index in [1.54, 1.807) is 0 Å². The Morgan fingerprint density at radius 3 is 0.810 bits per heavy atom. The minimum atomic E-state index is -4.94. The summed E-state index contributed by atoms with van der Waals surface area (Å²) >= 11 is 0. The summed E-state index contributed by atoms with van der Waals surface area (Å²) in [7, 11) is -9.88. The lowest BCUT2D eigenvalue weighted by Gasteiger charge is -2.21. The van der Waals surface area contributed by atoms with Crippen LogP contribution in [0.25, 0.3) is 0 Å². The van der Waals surface area contributed by atoms with Crippen molar-refractivity contribution >= 4 is 39.5 Å². The molecular weight excluding hydrogens is 1110 g/mol. The van der Waals surface area contributed by atoms with Crippen molar-refractivity contribution in [3.05, 3.63) is 0 Å². The van der Waals surface area contributed by atoms with Gasteiger partial charge in [-0.3, -0.25) is 37.3 Å². The first-order valence-corrected chi connectivity index (χ1v) is 37.0. The SMILES string of the molecule is CCCCCCCCCCCCCCCCCCCCC(=O)O[C@H](COC(=O)CCCCCCCCCC(C)C)COP(=O)(O)OC[C@@H](O)COP(=O)(O)OC[C@@H](COC(=O)CCCCCCCCC)OC(=O)CCCCCCCCC(C)C. The molecule has 5 atom stereocenters. The van der Waals surface area contributed by atoms with Gasteiger partial charge >= 0.3 is 39.5 Å². The van der Waals surface area contributed by atoms with Crippen molar-refractivity contribution < 1.29 is 80.2 Å². The monoisotopic (exact) mass is 1240 g/mol. The summed E-state index contributed by atoms with van der Waals surface area (Å²) in [4.78, 5) is 72.1. The van der Waals surface area contributed by atoms with E-state index in [2.05, 4.69) is 41.5 Å². The van der Waals surface area contributed by atoms with E-state index in [1.807, 2.05) is 0 Å². The first-order valence-electron chi connectivity index (χ1n) is 34.0. The molecule has 0 aliphatic carbocycles. The van der Waals surface area contributed by atoms with Crippen LogP contribution >= 0.6 is 15.6 Å². The van der Waals surface area contributed by atoms with Crippen LogP contribution in [0, 0.1) is 11.8 Å². The van der Waals surface area contributed by atoms with E-state index in [9.17, 15) is 43.2 Å². The lowest BCUT2D eigenvalue weighted by atomic mass is 10.0. The van der Waals surface area contributed by atoms with Gasteiger partial charge in [-0.05, 0) is 37.5 Å². The van der Waals surface area contributed by atoms with Crippen molar-refractivity contribution in [3.63, 3.8) is 0 Å². The highest BCUT2D eigenvalue weighted by atomic mass is 31.2. The zero-order valence-corrected chi connectivity index (χ0v) is 56.0. The van der Waals surface area contributed by atoms with E-state index >= 15 is 0 Å². The van der Waals surface area contributed by atoms with Crippen molar-refractivity contribution in [2.24, 2.45) is 11.8 Å². The predicted molar refractivity (Wildman–Crippen MR) is 335 cm³/mol. The van der Waals surface area contributed by atoms with E-state index in [0.717, 1.165) is 109 Å². The van der Waals surface area contributed by atoms with E-state index in [4.69, 9.17) is 37.0 Å². The average molecular weight is 1240 g/mol. The molecule has 0 aromatic heterocycles. The number of hydrogen-bond donors (Lipinski definition) is 3. The number of esters is 4. The Hall–Kier alpha value is -1.94. The van der Waals surface area contributed by atoms with Crippen molar-refractivity contribution in [1.29, 1.82) is 0 Å². The zero-order chi connectivity index (χ0) is 62.2. The maximum Gasteiger partial charge on any atom is 0.472 e. The Morgan fingerprint density at radius 2 is 0.548 bits per heavy atom. The van der Waals surface area contributed by atoms with E-state index < -0.39 is 97.5 Å².